The molecule has 0 saturated heterocycles. The Hall–Kier alpha value is -2.85. The van der Waals surface area contributed by atoms with Crippen molar-refractivity contribution in [2.45, 2.75) is 6.42 Å². The zero-order chi connectivity index (χ0) is 16.9. The summed E-state index contributed by atoms with van der Waals surface area (Å²) in [5.41, 5.74) is 5.04. The Balaban J connectivity index is 2.05. The van der Waals surface area contributed by atoms with E-state index in [0.29, 0.717) is 12.0 Å². The van der Waals surface area contributed by atoms with Crippen molar-refractivity contribution in [1.29, 1.82) is 0 Å². The molecule has 3 aromatic rings. The maximum absolute atomic E-state index is 12.2. The van der Waals surface area contributed by atoms with Crippen molar-refractivity contribution >= 4 is 5.97 Å². The first kappa shape index (κ1) is 16.0. The van der Waals surface area contributed by atoms with Crippen LogP contribution in [0.2, 0.25) is 0 Å². The number of furan rings is 1. The molecule has 1 heterocycles. The fourth-order valence-corrected chi connectivity index (χ4v) is 2.78. The van der Waals surface area contributed by atoms with Crippen molar-refractivity contribution in [1.82, 2.24) is 0 Å². The van der Waals surface area contributed by atoms with Gasteiger partial charge in [0.15, 0.2) is 0 Å². The standard InChI is InChI=1S/C20H18O4/c1-23-20(22)19-16(9-11-21)3-2-4-18(19)15-7-5-14(6-8-15)17-10-12-24-13-17/h2-8,10,12-13,21H,9,11H2,1H3. The van der Waals surface area contributed by atoms with Gasteiger partial charge in [-0.05, 0) is 34.7 Å². The second kappa shape index (κ2) is 7.15. The molecule has 0 spiro atoms. The van der Waals surface area contributed by atoms with Crippen molar-refractivity contribution in [3.63, 3.8) is 0 Å². The van der Waals surface area contributed by atoms with Crippen LogP contribution in [-0.2, 0) is 11.2 Å². The molecule has 0 radical (unpaired) electrons. The van der Waals surface area contributed by atoms with Gasteiger partial charge in [0.2, 0.25) is 0 Å². The van der Waals surface area contributed by atoms with Crippen molar-refractivity contribution < 1.29 is 19.1 Å². The molecule has 4 nitrogen and oxygen atoms in total. The summed E-state index contributed by atoms with van der Waals surface area (Å²) in [5.74, 6) is -0.395. The summed E-state index contributed by atoms with van der Waals surface area (Å²) < 4.78 is 10.0. The first-order valence-corrected chi connectivity index (χ1v) is 7.68. The molecule has 1 aromatic heterocycles. The van der Waals surface area contributed by atoms with E-state index >= 15 is 0 Å². The summed E-state index contributed by atoms with van der Waals surface area (Å²) in [5, 5.41) is 9.24. The van der Waals surface area contributed by atoms with Crippen molar-refractivity contribution in [3.8, 4) is 22.3 Å². The number of aliphatic hydroxyl groups excluding tert-OH is 1. The second-order valence-electron chi connectivity index (χ2n) is 5.39. The molecule has 2 aromatic carbocycles. The van der Waals surface area contributed by atoms with Crippen molar-refractivity contribution in [2.75, 3.05) is 13.7 Å². The zero-order valence-electron chi connectivity index (χ0n) is 13.4. The third-order valence-electron chi connectivity index (χ3n) is 3.97. The van der Waals surface area contributed by atoms with Crippen LogP contribution in [0.25, 0.3) is 22.3 Å². The molecule has 0 fully saturated rings. The molecule has 122 valence electrons. The van der Waals surface area contributed by atoms with Crippen LogP contribution < -0.4 is 0 Å². The molecular weight excluding hydrogens is 304 g/mol. The van der Waals surface area contributed by atoms with Gasteiger partial charge in [-0.15, -0.1) is 0 Å². The summed E-state index contributed by atoms with van der Waals surface area (Å²) in [6.07, 6.45) is 3.74. The highest BCUT2D eigenvalue weighted by Gasteiger charge is 2.17. The van der Waals surface area contributed by atoms with Crippen LogP contribution in [0, 0.1) is 0 Å². The molecular formula is C20H18O4. The lowest BCUT2D eigenvalue weighted by molar-refractivity contribution is 0.0600. The van der Waals surface area contributed by atoms with Crippen LogP contribution in [0.4, 0.5) is 0 Å². The van der Waals surface area contributed by atoms with E-state index in [9.17, 15) is 9.90 Å². The fourth-order valence-electron chi connectivity index (χ4n) is 2.78. The molecule has 24 heavy (non-hydrogen) atoms. The topological polar surface area (TPSA) is 59.7 Å². The van der Waals surface area contributed by atoms with E-state index in [1.165, 1.54) is 7.11 Å². The van der Waals surface area contributed by atoms with Crippen LogP contribution in [0.3, 0.4) is 0 Å². The average Bonchev–Trinajstić information content (AvgIpc) is 3.16. The zero-order valence-corrected chi connectivity index (χ0v) is 13.4. The first-order chi connectivity index (χ1) is 11.7. The molecule has 0 aliphatic heterocycles. The van der Waals surface area contributed by atoms with Gasteiger partial charge in [-0.2, -0.15) is 0 Å². The summed E-state index contributed by atoms with van der Waals surface area (Å²) in [6, 6.07) is 15.4. The Kier molecular flexibility index (Phi) is 4.77. The molecule has 0 unspecified atom stereocenters. The maximum Gasteiger partial charge on any atom is 0.338 e. The SMILES string of the molecule is COC(=O)c1c(CCO)cccc1-c1ccc(-c2ccoc2)cc1. The van der Waals surface area contributed by atoms with Gasteiger partial charge in [-0.3, -0.25) is 0 Å². The van der Waals surface area contributed by atoms with Gasteiger partial charge in [0.1, 0.15) is 0 Å². The number of aliphatic hydroxyl groups is 1. The predicted octanol–water partition coefficient (Wildman–Crippen LogP) is 3.94. The number of rotatable bonds is 5. The summed E-state index contributed by atoms with van der Waals surface area (Å²) in [4.78, 5) is 12.2. The predicted molar refractivity (Wildman–Crippen MR) is 91.7 cm³/mol. The lowest BCUT2D eigenvalue weighted by Gasteiger charge is -2.13. The molecule has 0 saturated carbocycles. The molecule has 3 rings (SSSR count). The van der Waals surface area contributed by atoms with Crippen LogP contribution in [-0.4, -0.2) is 24.8 Å². The lowest BCUT2D eigenvalue weighted by atomic mass is 9.93. The molecule has 0 atom stereocenters. The number of esters is 1. The molecule has 0 bridgehead atoms. The van der Waals surface area contributed by atoms with E-state index in [1.807, 2.05) is 48.5 Å². The molecule has 0 amide bonds. The Bertz CT molecular complexity index is 817. The fraction of sp³-hybridized carbons (Fsp3) is 0.150. The highest BCUT2D eigenvalue weighted by Crippen LogP contribution is 2.30. The number of methoxy groups -OCH3 is 1. The Morgan fingerprint density at radius 3 is 2.42 bits per heavy atom. The van der Waals surface area contributed by atoms with E-state index in [0.717, 1.165) is 27.8 Å². The van der Waals surface area contributed by atoms with E-state index in [1.54, 1.807) is 12.5 Å². The Morgan fingerprint density at radius 1 is 1.04 bits per heavy atom. The van der Waals surface area contributed by atoms with Gasteiger partial charge < -0.3 is 14.3 Å². The molecule has 1 N–H and O–H groups in total. The molecule has 0 aliphatic rings. The normalized spacial score (nSPS) is 10.6. The van der Waals surface area contributed by atoms with E-state index in [4.69, 9.17) is 9.15 Å². The highest BCUT2D eigenvalue weighted by molar-refractivity contribution is 5.99. The minimum absolute atomic E-state index is 0.0210. The Labute approximate surface area is 140 Å². The smallest absolute Gasteiger partial charge is 0.338 e. The second-order valence-corrected chi connectivity index (χ2v) is 5.39. The highest BCUT2D eigenvalue weighted by atomic mass is 16.5. The van der Waals surface area contributed by atoms with Crippen molar-refractivity contribution in [3.05, 3.63) is 72.2 Å². The minimum atomic E-state index is -0.395. The van der Waals surface area contributed by atoms with Crippen LogP contribution in [0.5, 0.6) is 0 Å². The van der Waals surface area contributed by atoms with Crippen molar-refractivity contribution in [2.24, 2.45) is 0 Å². The quantitative estimate of drug-likeness (QED) is 0.723. The molecule has 4 heteroatoms. The van der Waals surface area contributed by atoms with Gasteiger partial charge >= 0.3 is 5.97 Å². The van der Waals surface area contributed by atoms with E-state index in [-0.39, 0.29) is 6.61 Å². The van der Waals surface area contributed by atoms with Gasteiger partial charge in [-0.25, -0.2) is 4.79 Å². The number of hydrogen-bond donors (Lipinski definition) is 1. The number of hydrogen-bond acceptors (Lipinski definition) is 4. The number of benzene rings is 2. The van der Waals surface area contributed by atoms with Gasteiger partial charge in [0.05, 0.1) is 25.2 Å². The average molecular weight is 322 g/mol. The summed E-state index contributed by atoms with van der Waals surface area (Å²) in [7, 11) is 1.36. The summed E-state index contributed by atoms with van der Waals surface area (Å²) in [6.45, 7) is -0.0210. The minimum Gasteiger partial charge on any atom is -0.472 e. The largest absolute Gasteiger partial charge is 0.472 e. The van der Waals surface area contributed by atoms with Crippen LogP contribution in [0.1, 0.15) is 15.9 Å². The first-order valence-electron chi connectivity index (χ1n) is 7.68. The Morgan fingerprint density at radius 2 is 1.79 bits per heavy atom. The number of carbonyl (C=O) groups is 1. The van der Waals surface area contributed by atoms with Gasteiger partial charge in [0.25, 0.3) is 0 Å². The van der Waals surface area contributed by atoms with Crippen LogP contribution in [0.15, 0.2) is 65.5 Å². The number of ether oxygens (including phenoxy) is 1. The van der Waals surface area contributed by atoms with E-state index in [2.05, 4.69) is 0 Å². The molecule has 0 aliphatic carbocycles. The monoisotopic (exact) mass is 322 g/mol. The maximum atomic E-state index is 12.2. The lowest BCUT2D eigenvalue weighted by Crippen LogP contribution is -2.09. The third-order valence-corrected chi connectivity index (χ3v) is 3.97. The van der Waals surface area contributed by atoms with E-state index < -0.39 is 5.97 Å². The van der Waals surface area contributed by atoms with Gasteiger partial charge in [-0.1, -0.05) is 42.5 Å². The van der Waals surface area contributed by atoms with Gasteiger partial charge in [0, 0.05) is 12.2 Å². The third kappa shape index (κ3) is 3.09. The summed E-state index contributed by atoms with van der Waals surface area (Å²) >= 11 is 0. The van der Waals surface area contributed by atoms with Crippen LogP contribution >= 0.6 is 0 Å². The number of carbonyl (C=O) groups excluding carboxylic acids is 1.